The molecule has 0 unspecified atom stereocenters. The normalized spacial score (nSPS) is 12.3. The minimum Gasteiger partial charge on any atom is -0.468 e. The molecule has 1 aromatic carbocycles. The van der Waals surface area contributed by atoms with Crippen LogP contribution in [0.3, 0.4) is 0 Å². The van der Waals surface area contributed by atoms with E-state index in [-0.39, 0.29) is 43.3 Å². The van der Waals surface area contributed by atoms with E-state index in [1.807, 2.05) is 13.8 Å². The minimum absolute atomic E-state index is 0.0132. The number of methoxy groups -OCH3 is 3. The van der Waals surface area contributed by atoms with Gasteiger partial charge >= 0.3 is 24.2 Å². The summed E-state index contributed by atoms with van der Waals surface area (Å²) in [6.45, 7) is 3.90. The first kappa shape index (κ1) is 27.7. The van der Waals surface area contributed by atoms with E-state index in [4.69, 9.17) is 24.7 Å². The Bertz CT molecular complexity index is 838. The van der Waals surface area contributed by atoms with Gasteiger partial charge in [-0.2, -0.15) is 0 Å². The number of esters is 2. The first-order chi connectivity index (χ1) is 15.5. The number of hydrogen-bond donors (Lipinski definition) is 1. The Kier molecular flexibility index (Phi) is 11.1. The fourth-order valence-corrected chi connectivity index (χ4v) is 2.75. The van der Waals surface area contributed by atoms with Crippen LogP contribution in [0.1, 0.15) is 38.7 Å². The molecule has 0 fully saturated rings. The molecule has 0 spiro atoms. The molecule has 2 N–H and O–H groups in total. The Hall–Kier alpha value is -3.34. The van der Waals surface area contributed by atoms with Gasteiger partial charge in [0.05, 0.1) is 27.9 Å². The highest BCUT2D eigenvalue weighted by molar-refractivity contribution is 5.81. The molecule has 0 radical (unpaired) electrons. The highest BCUT2D eigenvalue weighted by Gasteiger charge is 2.36. The number of ether oxygens (including phenoxy) is 6. The van der Waals surface area contributed by atoms with Gasteiger partial charge in [0.2, 0.25) is 0 Å². The quantitative estimate of drug-likeness (QED) is 0.289. The van der Waals surface area contributed by atoms with Crippen LogP contribution in [0.5, 0.6) is 11.5 Å². The van der Waals surface area contributed by atoms with Gasteiger partial charge in [0.25, 0.3) is 0 Å². The number of carbonyl (C=O) groups is 4. The maximum Gasteiger partial charge on any atom is 0.513 e. The van der Waals surface area contributed by atoms with Gasteiger partial charge in [0.15, 0.2) is 11.5 Å². The molecule has 0 saturated carbocycles. The molecule has 0 amide bonds. The number of carbonyl (C=O) groups excluding carboxylic acids is 4. The van der Waals surface area contributed by atoms with E-state index in [1.54, 1.807) is 0 Å². The summed E-state index contributed by atoms with van der Waals surface area (Å²) < 4.78 is 28.9. The molecule has 0 heterocycles. The van der Waals surface area contributed by atoms with E-state index in [9.17, 15) is 19.2 Å². The molecule has 11 nitrogen and oxygen atoms in total. The van der Waals surface area contributed by atoms with Crippen LogP contribution >= 0.6 is 0 Å². The topological polar surface area (TPSA) is 150 Å². The molecule has 1 aromatic rings. The van der Waals surface area contributed by atoms with Crippen molar-refractivity contribution in [3.8, 4) is 11.5 Å². The Morgan fingerprint density at radius 2 is 1.55 bits per heavy atom. The van der Waals surface area contributed by atoms with Gasteiger partial charge in [-0.25, -0.2) is 9.59 Å². The van der Waals surface area contributed by atoms with E-state index < -0.39 is 23.8 Å². The number of rotatable bonds is 11. The van der Waals surface area contributed by atoms with Crippen molar-refractivity contribution in [2.24, 2.45) is 11.7 Å². The predicted molar refractivity (Wildman–Crippen MR) is 115 cm³/mol. The third kappa shape index (κ3) is 9.36. The lowest BCUT2D eigenvalue weighted by atomic mass is 9.88. The van der Waals surface area contributed by atoms with E-state index in [0.29, 0.717) is 17.9 Å². The second kappa shape index (κ2) is 13.3. The molecule has 0 aromatic heterocycles. The lowest BCUT2D eigenvalue weighted by molar-refractivity contribution is -0.151. The fourth-order valence-electron chi connectivity index (χ4n) is 2.75. The molecular formula is C22H31NO10. The lowest BCUT2D eigenvalue weighted by Gasteiger charge is -2.26. The van der Waals surface area contributed by atoms with Gasteiger partial charge in [-0.1, -0.05) is 19.9 Å². The van der Waals surface area contributed by atoms with E-state index >= 15 is 0 Å². The van der Waals surface area contributed by atoms with Crippen molar-refractivity contribution in [3.63, 3.8) is 0 Å². The largest absolute Gasteiger partial charge is 0.513 e. The molecule has 0 saturated heterocycles. The zero-order valence-electron chi connectivity index (χ0n) is 19.5. The first-order valence-corrected chi connectivity index (χ1v) is 10.2. The van der Waals surface area contributed by atoms with Gasteiger partial charge in [-0.05, 0) is 30.0 Å². The van der Waals surface area contributed by atoms with Crippen LogP contribution < -0.4 is 15.2 Å². The summed E-state index contributed by atoms with van der Waals surface area (Å²) in [5.41, 5.74) is 5.21. The molecule has 1 rings (SSSR count). The van der Waals surface area contributed by atoms with Crippen LogP contribution in [-0.2, 0) is 35.0 Å². The second-order valence-corrected chi connectivity index (χ2v) is 7.62. The first-order valence-electron chi connectivity index (χ1n) is 10.2. The van der Waals surface area contributed by atoms with Crippen molar-refractivity contribution in [3.05, 3.63) is 23.8 Å². The molecular weight excluding hydrogens is 438 g/mol. The summed E-state index contributed by atoms with van der Waals surface area (Å²) in [7, 11) is 3.42. The molecule has 0 bridgehead atoms. The van der Waals surface area contributed by atoms with Crippen molar-refractivity contribution >= 4 is 24.2 Å². The summed E-state index contributed by atoms with van der Waals surface area (Å²) in [5, 5.41) is 0. The number of nitrogens with two attached hydrogens (primary N) is 1. The van der Waals surface area contributed by atoms with Crippen molar-refractivity contribution in [1.29, 1.82) is 0 Å². The summed E-state index contributed by atoms with van der Waals surface area (Å²) in [5.74, 6) is -1.01. The minimum atomic E-state index is -1.54. The Labute approximate surface area is 192 Å². The molecule has 184 valence electrons. The number of hydrogen-bond acceptors (Lipinski definition) is 11. The third-order valence-corrected chi connectivity index (χ3v) is 4.58. The summed E-state index contributed by atoms with van der Waals surface area (Å²) in [4.78, 5) is 47.3. The van der Waals surface area contributed by atoms with Crippen LogP contribution in [-0.4, -0.2) is 57.7 Å². The summed E-state index contributed by atoms with van der Waals surface area (Å²) >= 11 is 0. The molecule has 0 aliphatic carbocycles. The van der Waals surface area contributed by atoms with Gasteiger partial charge in [0.1, 0.15) is 5.54 Å². The third-order valence-electron chi connectivity index (χ3n) is 4.58. The van der Waals surface area contributed by atoms with Gasteiger partial charge in [-0.15, -0.1) is 0 Å². The van der Waals surface area contributed by atoms with Crippen LogP contribution in [0.25, 0.3) is 0 Å². The molecule has 1 atom stereocenters. The summed E-state index contributed by atoms with van der Waals surface area (Å²) in [6.07, 6.45) is -1.20. The zero-order valence-corrected chi connectivity index (χ0v) is 19.5. The Morgan fingerprint density at radius 1 is 0.939 bits per heavy atom. The van der Waals surface area contributed by atoms with Crippen molar-refractivity contribution in [2.45, 2.75) is 45.1 Å². The molecule has 0 aliphatic heterocycles. The molecule has 11 heteroatoms. The second-order valence-electron chi connectivity index (χ2n) is 7.62. The average molecular weight is 469 g/mol. The molecule has 33 heavy (non-hydrogen) atoms. The van der Waals surface area contributed by atoms with Crippen molar-refractivity contribution in [2.75, 3.05) is 27.9 Å². The lowest BCUT2D eigenvalue weighted by Crippen LogP contribution is -2.51. The van der Waals surface area contributed by atoms with E-state index in [0.717, 1.165) is 14.2 Å². The fraction of sp³-hybridized carbons (Fsp3) is 0.545. The standard InChI is InChI=1S/C22H31NO10/c1-14(2)6-9-18(24)31-11-10-22(23,19(25)28-3)13-15-7-8-16(32-20(26)29-4)17(12-15)33-21(27)30-5/h7-8,12,14H,6,9-11,13,23H2,1-5H3/t22-/m1/s1. The summed E-state index contributed by atoms with van der Waals surface area (Å²) in [6, 6.07) is 4.21. The van der Waals surface area contributed by atoms with Crippen molar-refractivity contribution < 1.29 is 47.6 Å². The highest BCUT2D eigenvalue weighted by Crippen LogP contribution is 2.31. The SMILES string of the molecule is COC(=O)Oc1ccc(C[C@](N)(CCOC(=O)CCC(C)C)C(=O)OC)cc1OC(=O)OC. The Morgan fingerprint density at radius 3 is 2.09 bits per heavy atom. The van der Waals surface area contributed by atoms with Gasteiger partial charge < -0.3 is 34.2 Å². The van der Waals surface area contributed by atoms with Crippen LogP contribution in [0, 0.1) is 5.92 Å². The van der Waals surface area contributed by atoms with Crippen LogP contribution in [0.4, 0.5) is 9.59 Å². The average Bonchev–Trinajstić information content (AvgIpc) is 2.78. The maximum atomic E-state index is 12.4. The highest BCUT2D eigenvalue weighted by atomic mass is 16.7. The van der Waals surface area contributed by atoms with E-state index in [2.05, 4.69) is 9.47 Å². The predicted octanol–water partition coefficient (Wildman–Crippen LogP) is 2.76. The molecule has 0 aliphatic rings. The van der Waals surface area contributed by atoms with Crippen molar-refractivity contribution in [1.82, 2.24) is 0 Å². The Balaban J connectivity index is 3.03. The van der Waals surface area contributed by atoms with E-state index in [1.165, 1.54) is 25.3 Å². The smallest absolute Gasteiger partial charge is 0.468 e. The number of benzene rings is 1. The zero-order chi connectivity index (χ0) is 25.0. The van der Waals surface area contributed by atoms with Crippen LogP contribution in [0.15, 0.2) is 18.2 Å². The maximum absolute atomic E-state index is 12.4. The van der Waals surface area contributed by atoms with Crippen LogP contribution in [0.2, 0.25) is 0 Å². The monoisotopic (exact) mass is 469 g/mol. The van der Waals surface area contributed by atoms with Gasteiger partial charge in [-0.3, -0.25) is 9.59 Å². The van der Waals surface area contributed by atoms with Gasteiger partial charge in [0, 0.05) is 19.3 Å².